The third kappa shape index (κ3) is 2.81. The summed E-state index contributed by atoms with van der Waals surface area (Å²) in [6.45, 7) is 4.96. The van der Waals surface area contributed by atoms with Crippen molar-refractivity contribution in [3.05, 3.63) is 41.4 Å². The molecule has 1 atom stereocenters. The Morgan fingerprint density at radius 1 is 1.50 bits per heavy atom. The summed E-state index contributed by atoms with van der Waals surface area (Å²) in [6.07, 6.45) is 3.67. The van der Waals surface area contributed by atoms with E-state index < -0.39 is 0 Å². The lowest BCUT2D eigenvalue weighted by Crippen LogP contribution is -2.23. The van der Waals surface area contributed by atoms with E-state index >= 15 is 0 Å². The Balaban J connectivity index is 1.79. The molecule has 0 saturated carbocycles. The lowest BCUT2D eigenvalue weighted by molar-refractivity contribution is 0.0526. The monoisotopic (exact) mass is 301 g/mol. The largest absolute Gasteiger partial charge is 0.462 e. The number of carbonyl (C=O) groups is 1. The summed E-state index contributed by atoms with van der Waals surface area (Å²) in [5, 5.41) is 4.13. The summed E-state index contributed by atoms with van der Waals surface area (Å²) in [7, 11) is 0. The molecule has 0 amide bonds. The van der Waals surface area contributed by atoms with E-state index in [1.165, 1.54) is 0 Å². The van der Waals surface area contributed by atoms with Crippen LogP contribution in [0.2, 0.25) is 0 Å². The number of esters is 1. The molecule has 0 radical (unpaired) electrons. The number of pyridine rings is 1. The van der Waals surface area contributed by atoms with Crippen LogP contribution in [0, 0.1) is 6.92 Å². The lowest BCUT2D eigenvalue weighted by atomic mass is 10.1. The molecule has 1 saturated heterocycles. The first-order valence-corrected chi connectivity index (χ1v) is 7.52. The first-order chi connectivity index (χ1) is 10.7. The molecule has 6 heteroatoms. The highest BCUT2D eigenvalue weighted by molar-refractivity contribution is 5.89. The van der Waals surface area contributed by atoms with Crippen molar-refractivity contribution >= 4 is 11.8 Å². The van der Waals surface area contributed by atoms with Gasteiger partial charge in [-0.1, -0.05) is 5.16 Å². The Kier molecular flexibility index (Phi) is 4.09. The number of anilines is 1. The second-order valence-electron chi connectivity index (χ2n) is 5.34. The zero-order chi connectivity index (χ0) is 15.5. The number of hydrogen-bond acceptors (Lipinski definition) is 6. The maximum atomic E-state index is 11.7. The number of rotatable bonds is 4. The molecule has 0 aliphatic carbocycles. The number of nitrogens with zero attached hydrogens (tertiary/aromatic N) is 3. The van der Waals surface area contributed by atoms with E-state index in [-0.39, 0.29) is 12.0 Å². The van der Waals surface area contributed by atoms with Crippen LogP contribution >= 0.6 is 0 Å². The molecular weight excluding hydrogens is 282 g/mol. The van der Waals surface area contributed by atoms with Crippen LogP contribution in [0.25, 0.3) is 0 Å². The zero-order valence-electron chi connectivity index (χ0n) is 12.8. The van der Waals surface area contributed by atoms with Gasteiger partial charge in [-0.2, -0.15) is 0 Å². The van der Waals surface area contributed by atoms with Gasteiger partial charge in [0, 0.05) is 18.8 Å². The van der Waals surface area contributed by atoms with Crippen molar-refractivity contribution in [1.29, 1.82) is 0 Å². The average molecular weight is 301 g/mol. The number of carbonyl (C=O) groups excluding carboxylic acids is 1. The highest BCUT2D eigenvalue weighted by Crippen LogP contribution is 2.34. The third-order valence-corrected chi connectivity index (χ3v) is 3.79. The number of ether oxygens (including phenoxy) is 1. The molecule has 0 unspecified atom stereocenters. The van der Waals surface area contributed by atoms with Gasteiger partial charge in [-0.3, -0.25) is 0 Å². The molecule has 2 aromatic rings. The summed E-state index contributed by atoms with van der Waals surface area (Å²) in [5.41, 5.74) is 1.41. The van der Waals surface area contributed by atoms with Gasteiger partial charge in [0.2, 0.25) is 0 Å². The van der Waals surface area contributed by atoms with Gasteiger partial charge in [0.1, 0.15) is 17.3 Å². The van der Waals surface area contributed by atoms with Crippen molar-refractivity contribution < 1.29 is 14.1 Å². The molecule has 6 nitrogen and oxygen atoms in total. The second kappa shape index (κ2) is 6.17. The van der Waals surface area contributed by atoms with Crippen molar-refractivity contribution in [3.63, 3.8) is 0 Å². The van der Waals surface area contributed by atoms with Gasteiger partial charge in [-0.25, -0.2) is 9.78 Å². The maximum Gasteiger partial charge on any atom is 0.339 e. The Morgan fingerprint density at radius 2 is 2.36 bits per heavy atom. The molecule has 3 heterocycles. The quantitative estimate of drug-likeness (QED) is 0.809. The molecule has 0 N–H and O–H groups in total. The van der Waals surface area contributed by atoms with E-state index in [4.69, 9.17) is 9.26 Å². The van der Waals surface area contributed by atoms with Gasteiger partial charge >= 0.3 is 5.97 Å². The second-order valence-corrected chi connectivity index (χ2v) is 5.34. The fraction of sp³-hybridized carbons (Fsp3) is 0.438. The predicted molar refractivity (Wildman–Crippen MR) is 80.8 cm³/mol. The van der Waals surface area contributed by atoms with Crippen molar-refractivity contribution in [1.82, 2.24) is 10.1 Å². The van der Waals surface area contributed by atoms with E-state index in [2.05, 4.69) is 15.0 Å². The zero-order valence-corrected chi connectivity index (χ0v) is 12.8. The summed E-state index contributed by atoms with van der Waals surface area (Å²) in [6, 6.07) is 5.76. The van der Waals surface area contributed by atoms with Crippen molar-refractivity contribution in [3.8, 4) is 0 Å². The van der Waals surface area contributed by atoms with Gasteiger partial charge in [-0.15, -0.1) is 0 Å². The molecule has 0 spiro atoms. The maximum absolute atomic E-state index is 11.7. The van der Waals surface area contributed by atoms with Crippen LogP contribution in [0.3, 0.4) is 0 Å². The van der Waals surface area contributed by atoms with E-state index in [9.17, 15) is 4.79 Å². The summed E-state index contributed by atoms with van der Waals surface area (Å²) in [4.78, 5) is 18.3. The van der Waals surface area contributed by atoms with Crippen molar-refractivity contribution in [2.24, 2.45) is 0 Å². The smallest absolute Gasteiger partial charge is 0.339 e. The standard InChI is InChI=1S/C16H19N3O3/c1-3-21-16(20)12-6-7-15(17-10-12)19-8-4-5-14(19)13-9-11(2)22-18-13/h6-7,9-10,14H,3-5,8H2,1-2H3/t14-/m1/s1. The minimum atomic E-state index is -0.341. The SMILES string of the molecule is CCOC(=O)c1ccc(N2CCC[C@@H]2c2cc(C)on2)nc1. The summed E-state index contributed by atoms with van der Waals surface area (Å²) < 4.78 is 10.2. The Hall–Kier alpha value is -2.37. The van der Waals surface area contributed by atoms with Gasteiger partial charge in [0.15, 0.2) is 0 Å². The number of aryl methyl sites for hydroxylation is 1. The third-order valence-electron chi connectivity index (χ3n) is 3.79. The molecular formula is C16H19N3O3. The minimum absolute atomic E-state index is 0.179. The van der Waals surface area contributed by atoms with Crippen LogP contribution in [0.1, 0.15) is 47.6 Å². The normalized spacial score (nSPS) is 17.7. The van der Waals surface area contributed by atoms with E-state index in [0.29, 0.717) is 12.2 Å². The molecule has 1 aliphatic rings. The first kappa shape index (κ1) is 14.6. The Bertz CT molecular complexity index is 651. The molecule has 1 aliphatic heterocycles. The summed E-state index contributed by atoms with van der Waals surface area (Å²) in [5.74, 6) is 1.32. The van der Waals surface area contributed by atoms with E-state index in [1.54, 1.807) is 19.2 Å². The molecule has 0 bridgehead atoms. The van der Waals surface area contributed by atoms with Crippen LogP contribution < -0.4 is 4.90 Å². The first-order valence-electron chi connectivity index (χ1n) is 7.52. The molecule has 1 fully saturated rings. The highest BCUT2D eigenvalue weighted by Gasteiger charge is 2.29. The Morgan fingerprint density at radius 3 is 3.00 bits per heavy atom. The molecule has 0 aromatic carbocycles. The molecule has 3 rings (SSSR count). The van der Waals surface area contributed by atoms with E-state index in [1.807, 2.05) is 19.1 Å². The minimum Gasteiger partial charge on any atom is -0.462 e. The van der Waals surface area contributed by atoms with Gasteiger partial charge in [0.25, 0.3) is 0 Å². The van der Waals surface area contributed by atoms with E-state index in [0.717, 1.165) is 36.7 Å². The van der Waals surface area contributed by atoms with Gasteiger partial charge in [-0.05, 0) is 38.8 Å². The van der Waals surface area contributed by atoms with Crippen LogP contribution in [-0.2, 0) is 4.74 Å². The van der Waals surface area contributed by atoms with Crippen LogP contribution in [0.4, 0.5) is 5.82 Å². The topological polar surface area (TPSA) is 68.5 Å². The Labute approximate surface area is 129 Å². The fourth-order valence-corrected chi connectivity index (χ4v) is 2.78. The molecule has 22 heavy (non-hydrogen) atoms. The van der Waals surface area contributed by atoms with Crippen LogP contribution in [0.15, 0.2) is 28.9 Å². The average Bonchev–Trinajstić information content (AvgIpc) is 3.16. The summed E-state index contributed by atoms with van der Waals surface area (Å²) >= 11 is 0. The predicted octanol–water partition coefficient (Wildman–Crippen LogP) is 2.90. The van der Waals surface area contributed by atoms with Crippen LogP contribution in [-0.4, -0.2) is 29.3 Å². The van der Waals surface area contributed by atoms with Crippen LogP contribution in [0.5, 0.6) is 0 Å². The van der Waals surface area contributed by atoms with Crippen molar-refractivity contribution in [2.45, 2.75) is 32.7 Å². The fourth-order valence-electron chi connectivity index (χ4n) is 2.78. The molecule has 2 aromatic heterocycles. The highest BCUT2D eigenvalue weighted by atomic mass is 16.5. The number of hydrogen-bond donors (Lipinski definition) is 0. The van der Waals surface area contributed by atoms with Crippen molar-refractivity contribution in [2.75, 3.05) is 18.1 Å². The number of aromatic nitrogens is 2. The lowest BCUT2D eigenvalue weighted by Gasteiger charge is -2.24. The molecule has 116 valence electrons. The van der Waals surface area contributed by atoms with Gasteiger partial charge in [0.05, 0.1) is 18.2 Å². The van der Waals surface area contributed by atoms with Gasteiger partial charge < -0.3 is 14.2 Å².